The summed E-state index contributed by atoms with van der Waals surface area (Å²) in [6.45, 7) is 5.96. The Kier molecular flexibility index (Phi) is 4.15. The van der Waals surface area contributed by atoms with E-state index in [0.717, 1.165) is 24.5 Å². The molecule has 0 aromatic carbocycles. The molecule has 96 valence electrons. The van der Waals surface area contributed by atoms with E-state index >= 15 is 0 Å². The van der Waals surface area contributed by atoms with Gasteiger partial charge in [-0.25, -0.2) is 0 Å². The van der Waals surface area contributed by atoms with Crippen LogP contribution >= 0.6 is 11.8 Å². The zero-order chi connectivity index (χ0) is 12.3. The largest absolute Gasteiger partial charge is 0.361 e. The summed E-state index contributed by atoms with van der Waals surface area (Å²) in [7, 11) is 0. The molecule has 2 rings (SSSR count). The maximum Gasteiger partial charge on any atom is 0.138 e. The highest BCUT2D eigenvalue weighted by Crippen LogP contribution is 2.39. The van der Waals surface area contributed by atoms with Gasteiger partial charge in [0.1, 0.15) is 5.76 Å². The third kappa shape index (κ3) is 2.86. The number of nitrogens with one attached hydrogen (secondary N) is 1. The zero-order valence-electron chi connectivity index (χ0n) is 11.0. The van der Waals surface area contributed by atoms with Crippen molar-refractivity contribution in [2.45, 2.75) is 50.8 Å². The average molecular weight is 254 g/mol. The van der Waals surface area contributed by atoms with Gasteiger partial charge in [0, 0.05) is 23.4 Å². The lowest BCUT2D eigenvalue weighted by atomic mass is 10.1. The van der Waals surface area contributed by atoms with Gasteiger partial charge in [-0.2, -0.15) is 11.8 Å². The van der Waals surface area contributed by atoms with Crippen molar-refractivity contribution in [2.75, 3.05) is 12.8 Å². The zero-order valence-corrected chi connectivity index (χ0v) is 11.8. The maximum atomic E-state index is 5.17. The number of aromatic nitrogens is 1. The molecular weight excluding hydrogens is 232 g/mol. The predicted molar refractivity (Wildman–Crippen MR) is 72.4 cm³/mol. The Morgan fingerprint density at radius 2 is 2.06 bits per heavy atom. The second-order valence-corrected chi connectivity index (χ2v) is 6.27. The number of nitrogens with zero attached hydrogens (tertiary/aromatic N) is 1. The first-order chi connectivity index (χ1) is 8.17. The first-order valence-electron chi connectivity index (χ1n) is 6.34. The highest BCUT2D eigenvalue weighted by molar-refractivity contribution is 8.00. The van der Waals surface area contributed by atoms with Crippen molar-refractivity contribution in [3.8, 4) is 0 Å². The van der Waals surface area contributed by atoms with Crippen molar-refractivity contribution in [1.29, 1.82) is 0 Å². The van der Waals surface area contributed by atoms with Crippen molar-refractivity contribution >= 4 is 11.8 Å². The van der Waals surface area contributed by atoms with E-state index in [0.29, 0.717) is 4.75 Å². The van der Waals surface area contributed by atoms with Crippen molar-refractivity contribution in [3.05, 3.63) is 17.0 Å². The van der Waals surface area contributed by atoms with E-state index in [1.165, 1.54) is 31.2 Å². The van der Waals surface area contributed by atoms with Gasteiger partial charge in [-0.1, -0.05) is 18.0 Å². The topological polar surface area (TPSA) is 38.1 Å². The molecule has 1 heterocycles. The van der Waals surface area contributed by atoms with Gasteiger partial charge in [0.25, 0.3) is 0 Å². The fraction of sp³-hybridized carbons (Fsp3) is 0.769. The highest BCUT2D eigenvalue weighted by Gasteiger charge is 2.32. The van der Waals surface area contributed by atoms with E-state index in [2.05, 4.69) is 16.7 Å². The molecular formula is C13H22N2OS. The summed E-state index contributed by atoms with van der Waals surface area (Å²) < 4.78 is 5.65. The van der Waals surface area contributed by atoms with Crippen LogP contribution in [0.4, 0.5) is 0 Å². The normalized spacial score (nSPS) is 18.8. The Morgan fingerprint density at radius 1 is 1.35 bits per heavy atom. The summed E-state index contributed by atoms with van der Waals surface area (Å²) in [6, 6.07) is 0. The molecule has 1 saturated carbocycles. The fourth-order valence-electron chi connectivity index (χ4n) is 2.64. The molecule has 0 saturated heterocycles. The van der Waals surface area contributed by atoms with Gasteiger partial charge in [0.2, 0.25) is 0 Å². The van der Waals surface area contributed by atoms with E-state index in [4.69, 9.17) is 4.52 Å². The highest BCUT2D eigenvalue weighted by atomic mass is 32.2. The molecule has 0 unspecified atom stereocenters. The van der Waals surface area contributed by atoms with Crippen molar-refractivity contribution in [2.24, 2.45) is 0 Å². The molecule has 0 spiro atoms. The van der Waals surface area contributed by atoms with E-state index in [-0.39, 0.29) is 0 Å². The molecule has 1 fully saturated rings. The minimum atomic E-state index is 0.471. The van der Waals surface area contributed by atoms with Gasteiger partial charge in [0.05, 0.1) is 5.69 Å². The van der Waals surface area contributed by atoms with Crippen LogP contribution in [-0.4, -0.2) is 22.7 Å². The molecule has 1 aliphatic carbocycles. The molecule has 17 heavy (non-hydrogen) atoms. The monoisotopic (exact) mass is 254 g/mol. The van der Waals surface area contributed by atoms with Crippen molar-refractivity contribution in [3.63, 3.8) is 0 Å². The van der Waals surface area contributed by atoms with Crippen LogP contribution in [0.2, 0.25) is 0 Å². The Morgan fingerprint density at radius 3 is 2.59 bits per heavy atom. The Bertz CT molecular complexity index is 350. The molecule has 4 heteroatoms. The standard InChI is InChI=1S/C13H22N2OS/c1-10-12(11(2)16-15-10)8-14-9-13(17-3)6-4-5-7-13/h14H,4-9H2,1-3H3. The summed E-state index contributed by atoms with van der Waals surface area (Å²) in [5.74, 6) is 0.944. The van der Waals surface area contributed by atoms with Gasteiger partial charge < -0.3 is 9.84 Å². The van der Waals surface area contributed by atoms with Gasteiger partial charge in [-0.15, -0.1) is 0 Å². The number of rotatable bonds is 5. The van der Waals surface area contributed by atoms with Gasteiger partial charge in [-0.3, -0.25) is 0 Å². The van der Waals surface area contributed by atoms with Crippen LogP contribution in [0.25, 0.3) is 0 Å². The minimum Gasteiger partial charge on any atom is -0.361 e. The van der Waals surface area contributed by atoms with Gasteiger partial charge in [-0.05, 0) is 32.9 Å². The predicted octanol–water partition coefficient (Wildman–Crippen LogP) is 3.06. The Balaban J connectivity index is 1.87. The van der Waals surface area contributed by atoms with Crippen LogP contribution in [-0.2, 0) is 6.54 Å². The van der Waals surface area contributed by atoms with Crippen LogP contribution in [0.1, 0.15) is 42.7 Å². The molecule has 0 aliphatic heterocycles. The summed E-state index contributed by atoms with van der Waals surface area (Å²) in [4.78, 5) is 0. The summed E-state index contributed by atoms with van der Waals surface area (Å²) in [5, 5.41) is 7.57. The van der Waals surface area contributed by atoms with Crippen LogP contribution in [0.15, 0.2) is 4.52 Å². The maximum absolute atomic E-state index is 5.17. The van der Waals surface area contributed by atoms with E-state index in [1.807, 2.05) is 25.6 Å². The third-order valence-corrected chi connectivity index (χ3v) is 5.30. The van der Waals surface area contributed by atoms with Crippen LogP contribution in [0, 0.1) is 13.8 Å². The molecule has 1 aromatic rings. The van der Waals surface area contributed by atoms with Crippen LogP contribution < -0.4 is 5.32 Å². The molecule has 0 atom stereocenters. The first-order valence-corrected chi connectivity index (χ1v) is 7.57. The number of aryl methyl sites for hydroxylation is 2. The minimum absolute atomic E-state index is 0.471. The molecule has 1 N–H and O–H groups in total. The molecule has 0 radical (unpaired) electrons. The van der Waals surface area contributed by atoms with Gasteiger partial charge in [0.15, 0.2) is 0 Å². The second kappa shape index (κ2) is 5.44. The third-order valence-electron chi connectivity index (χ3n) is 3.88. The quantitative estimate of drug-likeness (QED) is 0.876. The number of hydrogen-bond donors (Lipinski definition) is 1. The summed E-state index contributed by atoms with van der Waals surface area (Å²) >= 11 is 2.02. The van der Waals surface area contributed by atoms with E-state index < -0.39 is 0 Å². The SMILES string of the molecule is CSC1(CNCc2c(C)noc2C)CCCC1. The van der Waals surface area contributed by atoms with E-state index in [1.54, 1.807) is 0 Å². The van der Waals surface area contributed by atoms with Crippen LogP contribution in [0.3, 0.4) is 0 Å². The van der Waals surface area contributed by atoms with Crippen LogP contribution in [0.5, 0.6) is 0 Å². The average Bonchev–Trinajstić information content (AvgIpc) is 2.91. The summed E-state index contributed by atoms with van der Waals surface area (Å²) in [5.41, 5.74) is 2.24. The fourth-order valence-corrected chi connectivity index (χ4v) is 3.59. The van der Waals surface area contributed by atoms with Crippen molar-refractivity contribution in [1.82, 2.24) is 10.5 Å². The van der Waals surface area contributed by atoms with E-state index in [9.17, 15) is 0 Å². The van der Waals surface area contributed by atoms with Gasteiger partial charge >= 0.3 is 0 Å². The first kappa shape index (κ1) is 13.0. The molecule has 3 nitrogen and oxygen atoms in total. The number of thioether (sulfide) groups is 1. The molecule has 1 aliphatic rings. The molecule has 1 aromatic heterocycles. The Hall–Kier alpha value is -0.480. The molecule has 0 bridgehead atoms. The number of hydrogen-bond acceptors (Lipinski definition) is 4. The van der Waals surface area contributed by atoms with Crippen molar-refractivity contribution < 1.29 is 4.52 Å². The molecule has 0 amide bonds. The Labute approximate surface area is 108 Å². The second-order valence-electron chi connectivity index (χ2n) is 5.00. The summed E-state index contributed by atoms with van der Waals surface area (Å²) in [6.07, 6.45) is 7.70. The smallest absolute Gasteiger partial charge is 0.138 e. The lowest BCUT2D eigenvalue weighted by Gasteiger charge is -2.27. The lowest BCUT2D eigenvalue weighted by molar-refractivity contribution is 0.391. The lowest BCUT2D eigenvalue weighted by Crippen LogP contribution is -2.34.